The van der Waals surface area contributed by atoms with Crippen LogP contribution in [-0.4, -0.2) is 13.7 Å². The molecule has 0 amide bonds. The lowest BCUT2D eigenvalue weighted by Gasteiger charge is -2.15. The van der Waals surface area contributed by atoms with Gasteiger partial charge in [-0.3, -0.25) is 0 Å². The Balaban J connectivity index is 2.90. The second-order valence-electron chi connectivity index (χ2n) is 3.39. The van der Waals surface area contributed by atoms with Crippen LogP contribution in [0.4, 0.5) is 4.39 Å². The molecule has 15 heavy (non-hydrogen) atoms. The van der Waals surface area contributed by atoms with Crippen LogP contribution in [0.3, 0.4) is 0 Å². The van der Waals surface area contributed by atoms with Gasteiger partial charge in [0.05, 0.1) is 7.11 Å². The average molecular weight is 212 g/mol. The fourth-order valence-electron chi connectivity index (χ4n) is 1.54. The van der Waals surface area contributed by atoms with E-state index in [1.165, 1.54) is 13.2 Å². The van der Waals surface area contributed by atoms with Crippen LogP contribution in [0, 0.1) is 5.82 Å². The summed E-state index contributed by atoms with van der Waals surface area (Å²) in [4.78, 5) is 0. The van der Waals surface area contributed by atoms with Gasteiger partial charge in [-0.1, -0.05) is 6.07 Å². The maximum absolute atomic E-state index is 13.5. The molecule has 4 N–H and O–H groups in total. The molecule has 1 aromatic carbocycles. The summed E-state index contributed by atoms with van der Waals surface area (Å²) in [6.45, 7) is 0.560. The molecule has 0 radical (unpaired) electrons. The van der Waals surface area contributed by atoms with Gasteiger partial charge in [0.1, 0.15) is 11.6 Å². The fraction of sp³-hybridized carbons (Fsp3) is 0.455. The van der Waals surface area contributed by atoms with Gasteiger partial charge in [0.2, 0.25) is 0 Å². The highest BCUT2D eigenvalue weighted by atomic mass is 19.1. The summed E-state index contributed by atoms with van der Waals surface area (Å²) in [5.41, 5.74) is 11.7. The van der Waals surface area contributed by atoms with E-state index in [0.717, 1.165) is 6.42 Å². The normalized spacial score (nSPS) is 12.5. The van der Waals surface area contributed by atoms with Crippen molar-refractivity contribution in [3.05, 3.63) is 29.6 Å². The summed E-state index contributed by atoms with van der Waals surface area (Å²) in [7, 11) is 1.51. The number of ether oxygens (including phenoxy) is 1. The molecular weight excluding hydrogens is 195 g/mol. The highest BCUT2D eigenvalue weighted by molar-refractivity contribution is 5.36. The first kappa shape index (κ1) is 11.9. The molecule has 3 nitrogen and oxygen atoms in total. The van der Waals surface area contributed by atoms with Crippen molar-refractivity contribution in [3.8, 4) is 5.75 Å². The largest absolute Gasteiger partial charge is 0.496 e. The maximum Gasteiger partial charge on any atom is 0.131 e. The fourth-order valence-corrected chi connectivity index (χ4v) is 1.54. The molecule has 0 fully saturated rings. The molecule has 0 heterocycles. The second kappa shape index (κ2) is 5.68. The number of nitrogens with two attached hydrogens (primary N) is 2. The van der Waals surface area contributed by atoms with Crippen LogP contribution in [0.5, 0.6) is 5.75 Å². The van der Waals surface area contributed by atoms with Gasteiger partial charge in [-0.25, -0.2) is 4.39 Å². The number of halogens is 1. The molecule has 0 spiro atoms. The third kappa shape index (κ3) is 2.91. The molecule has 0 bridgehead atoms. The quantitative estimate of drug-likeness (QED) is 0.778. The van der Waals surface area contributed by atoms with E-state index in [0.29, 0.717) is 24.3 Å². The van der Waals surface area contributed by atoms with Crippen LogP contribution in [0.25, 0.3) is 0 Å². The Hall–Kier alpha value is -1.13. The molecule has 1 aromatic rings. The summed E-state index contributed by atoms with van der Waals surface area (Å²) >= 11 is 0. The standard InChI is InChI=1S/C11H17FN2O/c1-15-10-6-2-4-8(12)11(10)9(14)5-3-7-13/h2,4,6,9H,3,5,7,13-14H2,1H3/t9-/m1/s1. The molecular formula is C11H17FN2O. The SMILES string of the molecule is COc1cccc(F)c1[C@H](N)CCCN. The lowest BCUT2D eigenvalue weighted by Crippen LogP contribution is -2.15. The van der Waals surface area contributed by atoms with E-state index in [-0.39, 0.29) is 11.9 Å². The number of methoxy groups -OCH3 is 1. The van der Waals surface area contributed by atoms with Crippen molar-refractivity contribution < 1.29 is 9.13 Å². The maximum atomic E-state index is 13.5. The zero-order valence-electron chi connectivity index (χ0n) is 8.87. The van der Waals surface area contributed by atoms with Crippen LogP contribution in [0.15, 0.2) is 18.2 Å². The Morgan fingerprint density at radius 3 is 2.80 bits per heavy atom. The Morgan fingerprint density at radius 2 is 2.20 bits per heavy atom. The molecule has 4 heteroatoms. The minimum Gasteiger partial charge on any atom is -0.496 e. The molecule has 1 atom stereocenters. The molecule has 84 valence electrons. The summed E-state index contributed by atoms with van der Waals surface area (Å²) in [6.07, 6.45) is 1.44. The van der Waals surface area contributed by atoms with Crippen molar-refractivity contribution in [1.82, 2.24) is 0 Å². The molecule has 0 aliphatic rings. The van der Waals surface area contributed by atoms with E-state index >= 15 is 0 Å². The third-order valence-corrected chi connectivity index (χ3v) is 2.32. The van der Waals surface area contributed by atoms with E-state index < -0.39 is 0 Å². The third-order valence-electron chi connectivity index (χ3n) is 2.32. The zero-order valence-corrected chi connectivity index (χ0v) is 8.87. The summed E-state index contributed by atoms with van der Waals surface area (Å²) in [5, 5.41) is 0. The molecule has 0 unspecified atom stereocenters. The molecule has 0 saturated carbocycles. The van der Waals surface area contributed by atoms with Gasteiger partial charge in [-0.05, 0) is 31.5 Å². The number of hydrogen-bond acceptors (Lipinski definition) is 3. The summed E-state index contributed by atoms with van der Waals surface area (Å²) in [6, 6.07) is 4.35. The predicted molar refractivity (Wildman–Crippen MR) is 58.2 cm³/mol. The van der Waals surface area contributed by atoms with Gasteiger partial charge in [0.15, 0.2) is 0 Å². The van der Waals surface area contributed by atoms with Crippen molar-refractivity contribution >= 4 is 0 Å². The number of hydrogen-bond donors (Lipinski definition) is 2. The lowest BCUT2D eigenvalue weighted by molar-refractivity contribution is 0.396. The minimum absolute atomic E-state index is 0.320. The van der Waals surface area contributed by atoms with Crippen molar-refractivity contribution in [2.75, 3.05) is 13.7 Å². The first-order valence-electron chi connectivity index (χ1n) is 4.98. The van der Waals surface area contributed by atoms with E-state index in [1.807, 2.05) is 0 Å². The second-order valence-corrected chi connectivity index (χ2v) is 3.39. The first-order chi connectivity index (χ1) is 7.20. The monoisotopic (exact) mass is 212 g/mol. The van der Waals surface area contributed by atoms with E-state index in [9.17, 15) is 4.39 Å². The van der Waals surface area contributed by atoms with Gasteiger partial charge in [0.25, 0.3) is 0 Å². The number of rotatable bonds is 5. The Morgan fingerprint density at radius 1 is 1.47 bits per heavy atom. The van der Waals surface area contributed by atoms with Crippen LogP contribution in [0.2, 0.25) is 0 Å². The minimum atomic E-state index is -0.357. The molecule has 0 aliphatic carbocycles. The van der Waals surface area contributed by atoms with Gasteiger partial charge in [-0.2, -0.15) is 0 Å². The van der Waals surface area contributed by atoms with Crippen molar-refractivity contribution in [2.45, 2.75) is 18.9 Å². The Labute approximate surface area is 89.2 Å². The first-order valence-corrected chi connectivity index (χ1v) is 4.98. The van der Waals surface area contributed by atoms with Gasteiger partial charge in [-0.15, -0.1) is 0 Å². The molecule has 0 aromatic heterocycles. The van der Waals surface area contributed by atoms with Gasteiger partial charge < -0.3 is 16.2 Å². The van der Waals surface area contributed by atoms with Gasteiger partial charge >= 0.3 is 0 Å². The van der Waals surface area contributed by atoms with Crippen molar-refractivity contribution in [3.63, 3.8) is 0 Å². The van der Waals surface area contributed by atoms with Crippen LogP contribution in [-0.2, 0) is 0 Å². The van der Waals surface area contributed by atoms with Crippen molar-refractivity contribution in [1.29, 1.82) is 0 Å². The average Bonchev–Trinajstić information content (AvgIpc) is 2.25. The molecule has 1 rings (SSSR count). The summed E-state index contributed by atoms with van der Waals surface area (Å²) in [5.74, 6) is 0.179. The molecule has 0 saturated heterocycles. The Bertz CT molecular complexity index is 317. The lowest BCUT2D eigenvalue weighted by atomic mass is 10.0. The van der Waals surface area contributed by atoms with E-state index in [2.05, 4.69) is 0 Å². The highest BCUT2D eigenvalue weighted by Gasteiger charge is 2.15. The molecule has 0 aliphatic heterocycles. The van der Waals surface area contributed by atoms with Gasteiger partial charge in [0, 0.05) is 11.6 Å². The highest BCUT2D eigenvalue weighted by Crippen LogP contribution is 2.28. The van der Waals surface area contributed by atoms with Crippen molar-refractivity contribution in [2.24, 2.45) is 11.5 Å². The smallest absolute Gasteiger partial charge is 0.131 e. The predicted octanol–water partition coefficient (Wildman–Crippen LogP) is 1.57. The van der Waals surface area contributed by atoms with E-state index in [4.69, 9.17) is 16.2 Å². The summed E-state index contributed by atoms with van der Waals surface area (Å²) < 4.78 is 18.6. The van der Waals surface area contributed by atoms with E-state index in [1.54, 1.807) is 12.1 Å². The topological polar surface area (TPSA) is 61.3 Å². The number of benzene rings is 1. The zero-order chi connectivity index (χ0) is 11.3. The van der Waals surface area contributed by atoms with Crippen LogP contribution in [0.1, 0.15) is 24.4 Å². The van der Waals surface area contributed by atoms with Crippen LogP contribution >= 0.6 is 0 Å². The van der Waals surface area contributed by atoms with Crippen LogP contribution < -0.4 is 16.2 Å². The Kier molecular flexibility index (Phi) is 4.52.